The molecule has 0 spiro atoms. The van der Waals surface area contributed by atoms with Gasteiger partial charge in [0.25, 0.3) is 0 Å². The van der Waals surface area contributed by atoms with Gasteiger partial charge in [0.15, 0.2) is 11.6 Å². The van der Waals surface area contributed by atoms with Gasteiger partial charge in [-0.2, -0.15) is 0 Å². The fourth-order valence-corrected chi connectivity index (χ4v) is 2.05. The van der Waals surface area contributed by atoms with E-state index in [2.05, 4.69) is 0 Å². The van der Waals surface area contributed by atoms with Gasteiger partial charge in [0.1, 0.15) is 0 Å². The van der Waals surface area contributed by atoms with E-state index in [9.17, 15) is 9.59 Å². The Morgan fingerprint density at radius 2 is 0.765 bits per heavy atom. The zero-order chi connectivity index (χ0) is 11.1. The molecule has 3 rings (SSSR count). The molecule has 0 saturated carbocycles. The van der Waals surface area contributed by atoms with Gasteiger partial charge in [0.05, 0.1) is 0 Å². The SMILES string of the molecule is O=C1c2ccccc2C(=O)c2ccccc21.[C]. The van der Waals surface area contributed by atoms with Crippen molar-refractivity contribution in [1.29, 1.82) is 0 Å². The van der Waals surface area contributed by atoms with Crippen LogP contribution in [0.3, 0.4) is 0 Å². The molecule has 80 valence electrons. The smallest absolute Gasteiger partial charge is 0.194 e. The first-order valence-electron chi connectivity index (χ1n) is 5.06. The quantitative estimate of drug-likeness (QED) is 0.583. The second-order valence-electron chi connectivity index (χ2n) is 3.75. The fraction of sp³-hybridized carbons (Fsp3) is 0. The molecule has 1 aliphatic rings. The lowest BCUT2D eigenvalue weighted by atomic mass is 9.84. The van der Waals surface area contributed by atoms with Crippen LogP contribution >= 0.6 is 0 Å². The molecule has 2 heteroatoms. The molecule has 1 aliphatic carbocycles. The van der Waals surface area contributed by atoms with Gasteiger partial charge < -0.3 is 0 Å². The van der Waals surface area contributed by atoms with Crippen molar-refractivity contribution < 1.29 is 9.59 Å². The monoisotopic (exact) mass is 220 g/mol. The summed E-state index contributed by atoms with van der Waals surface area (Å²) in [4.78, 5) is 24.2. The summed E-state index contributed by atoms with van der Waals surface area (Å²) in [6.07, 6.45) is 0. The van der Waals surface area contributed by atoms with Crippen LogP contribution in [0.5, 0.6) is 0 Å². The van der Waals surface area contributed by atoms with E-state index in [1.54, 1.807) is 48.5 Å². The average Bonchev–Trinajstić information content (AvgIpc) is 2.36. The van der Waals surface area contributed by atoms with Gasteiger partial charge in [-0.25, -0.2) is 0 Å². The second kappa shape index (κ2) is 3.98. The lowest BCUT2D eigenvalue weighted by molar-refractivity contribution is 0.0979. The Balaban J connectivity index is 0.00000108. The molecule has 0 saturated heterocycles. The number of hydrogen-bond donors (Lipinski definition) is 0. The van der Waals surface area contributed by atoms with Gasteiger partial charge in [0.2, 0.25) is 0 Å². The lowest BCUT2D eigenvalue weighted by Crippen LogP contribution is -2.20. The Morgan fingerprint density at radius 3 is 1.00 bits per heavy atom. The van der Waals surface area contributed by atoms with Gasteiger partial charge in [-0.3, -0.25) is 9.59 Å². The third-order valence-electron chi connectivity index (χ3n) is 2.83. The predicted molar refractivity (Wildman–Crippen MR) is 63.0 cm³/mol. The number of ketones is 2. The Morgan fingerprint density at radius 1 is 0.529 bits per heavy atom. The second-order valence-corrected chi connectivity index (χ2v) is 3.75. The number of hydrogen-bond acceptors (Lipinski definition) is 2. The third-order valence-corrected chi connectivity index (χ3v) is 2.83. The van der Waals surface area contributed by atoms with Crippen molar-refractivity contribution in [2.45, 2.75) is 0 Å². The molecule has 0 atom stereocenters. The number of carbonyl (C=O) groups is 2. The molecule has 2 nitrogen and oxygen atoms in total. The number of benzene rings is 2. The average molecular weight is 220 g/mol. The summed E-state index contributed by atoms with van der Waals surface area (Å²) in [6.45, 7) is 0. The van der Waals surface area contributed by atoms with E-state index in [1.165, 1.54) is 0 Å². The minimum absolute atomic E-state index is 0. The standard InChI is InChI=1S/C14H8O2.C/c15-13-9-5-1-2-6-10(9)14(16)12-8-4-3-7-11(12)13;/h1-8H;. The van der Waals surface area contributed by atoms with E-state index in [1.807, 2.05) is 0 Å². The summed E-state index contributed by atoms with van der Waals surface area (Å²) in [5.74, 6) is -0.128. The minimum atomic E-state index is -0.0641. The maximum atomic E-state index is 12.1. The molecule has 0 N–H and O–H groups in total. The van der Waals surface area contributed by atoms with E-state index >= 15 is 0 Å². The molecule has 0 aromatic heterocycles. The molecule has 2 aromatic carbocycles. The van der Waals surface area contributed by atoms with Gasteiger partial charge in [-0.1, -0.05) is 48.5 Å². The summed E-state index contributed by atoms with van der Waals surface area (Å²) in [5, 5.41) is 0. The highest BCUT2D eigenvalue weighted by molar-refractivity contribution is 6.28. The Bertz CT molecular complexity index is 506. The van der Waals surface area contributed by atoms with Crippen molar-refractivity contribution in [1.82, 2.24) is 0 Å². The van der Waals surface area contributed by atoms with E-state index in [0.29, 0.717) is 22.3 Å². The molecular weight excluding hydrogens is 212 g/mol. The van der Waals surface area contributed by atoms with Crippen molar-refractivity contribution in [3.8, 4) is 0 Å². The van der Waals surface area contributed by atoms with E-state index in [0.717, 1.165) is 0 Å². The summed E-state index contributed by atoms with van der Waals surface area (Å²) < 4.78 is 0. The van der Waals surface area contributed by atoms with Gasteiger partial charge in [-0.05, 0) is 0 Å². The lowest BCUT2D eigenvalue weighted by Gasteiger charge is -2.16. The van der Waals surface area contributed by atoms with Crippen molar-refractivity contribution in [2.75, 3.05) is 0 Å². The van der Waals surface area contributed by atoms with Crippen LogP contribution in [0.4, 0.5) is 0 Å². The Hall–Kier alpha value is -2.22. The maximum Gasteiger partial charge on any atom is 0.194 e. The molecule has 0 heterocycles. The molecular formula is C15H8O2. The van der Waals surface area contributed by atoms with Crippen LogP contribution in [-0.2, 0) is 0 Å². The molecule has 0 unspecified atom stereocenters. The highest BCUT2D eigenvalue weighted by atomic mass is 16.1. The summed E-state index contributed by atoms with van der Waals surface area (Å²) in [5.41, 5.74) is 2.02. The topological polar surface area (TPSA) is 34.1 Å². The van der Waals surface area contributed by atoms with Gasteiger partial charge >= 0.3 is 0 Å². The van der Waals surface area contributed by atoms with E-state index < -0.39 is 0 Å². The number of carbonyl (C=O) groups excluding carboxylic acids is 2. The van der Waals surface area contributed by atoms with Crippen molar-refractivity contribution >= 4 is 11.6 Å². The molecule has 0 fully saturated rings. The van der Waals surface area contributed by atoms with Crippen LogP contribution in [0.2, 0.25) is 0 Å². The van der Waals surface area contributed by atoms with Crippen LogP contribution in [0.15, 0.2) is 48.5 Å². The zero-order valence-electron chi connectivity index (χ0n) is 8.94. The normalized spacial score (nSPS) is 12.5. The van der Waals surface area contributed by atoms with E-state index in [-0.39, 0.29) is 19.0 Å². The van der Waals surface area contributed by atoms with Gasteiger partial charge in [-0.15, -0.1) is 0 Å². The first kappa shape index (κ1) is 11.3. The minimum Gasteiger partial charge on any atom is -0.289 e. The molecule has 0 bridgehead atoms. The first-order valence-corrected chi connectivity index (χ1v) is 5.06. The van der Waals surface area contributed by atoms with Gasteiger partial charge in [0, 0.05) is 29.7 Å². The third kappa shape index (κ3) is 1.49. The number of fused-ring (bicyclic) bond motifs is 2. The molecule has 2 aromatic rings. The molecule has 0 aliphatic heterocycles. The number of rotatable bonds is 0. The predicted octanol–water partition coefficient (Wildman–Crippen LogP) is 2.54. The van der Waals surface area contributed by atoms with Crippen LogP contribution in [0, 0.1) is 7.43 Å². The Kier molecular flexibility index (Phi) is 2.64. The van der Waals surface area contributed by atoms with Crippen molar-refractivity contribution in [2.24, 2.45) is 0 Å². The van der Waals surface area contributed by atoms with Crippen LogP contribution in [-0.4, -0.2) is 11.6 Å². The maximum absolute atomic E-state index is 12.1. The van der Waals surface area contributed by atoms with Crippen LogP contribution in [0.25, 0.3) is 0 Å². The van der Waals surface area contributed by atoms with Crippen molar-refractivity contribution in [3.05, 3.63) is 78.2 Å². The van der Waals surface area contributed by atoms with Crippen molar-refractivity contribution in [3.63, 3.8) is 0 Å². The first-order chi connectivity index (χ1) is 7.79. The summed E-state index contributed by atoms with van der Waals surface area (Å²) in [6, 6.07) is 13.9. The highest BCUT2D eigenvalue weighted by Gasteiger charge is 2.28. The summed E-state index contributed by atoms with van der Waals surface area (Å²) >= 11 is 0. The zero-order valence-corrected chi connectivity index (χ0v) is 8.94. The fourth-order valence-electron chi connectivity index (χ4n) is 2.05. The Labute approximate surface area is 99.9 Å². The highest BCUT2D eigenvalue weighted by Crippen LogP contribution is 2.26. The molecule has 17 heavy (non-hydrogen) atoms. The largest absolute Gasteiger partial charge is 0.289 e. The van der Waals surface area contributed by atoms with Crippen LogP contribution in [0.1, 0.15) is 31.8 Å². The molecule has 4 radical (unpaired) electrons. The summed E-state index contributed by atoms with van der Waals surface area (Å²) in [7, 11) is 0. The molecule has 0 amide bonds. The van der Waals surface area contributed by atoms with Crippen LogP contribution < -0.4 is 0 Å². The van der Waals surface area contributed by atoms with E-state index in [4.69, 9.17) is 0 Å².